The van der Waals surface area contributed by atoms with Gasteiger partial charge in [-0.2, -0.15) is 0 Å². The molecule has 2 fully saturated rings. The van der Waals surface area contributed by atoms with Crippen LogP contribution in [-0.4, -0.2) is 52.3 Å². The van der Waals surface area contributed by atoms with Gasteiger partial charge in [0.05, 0.1) is 0 Å². The van der Waals surface area contributed by atoms with E-state index in [-0.39, 0.29) is 0 Å². The fourth-order valence-corrected chi connectivity index (χ4v) is 3.51. The van der Waals surface area contributed by atoms with Crippen molar-refractivity contribution in [3.63, 3.8) is 0 Å². The van der Waals surface area contributed by atoms with E-state index in [9.17, 15) is 4.21 Å². The summed E-state index contributed by atoms with van der Waals surface area (Å²) in [6.07, 6.45) is 5.69. The average Bonchev–Trinajstić information content (AvgIpc) is 3.10. The Kier molecular flexibility index (Phi) is 4.61. The molecule has 1 heterocycles. The monoisotopic (exact) mass is 258 g/mol. The first kappa shape index (κ1) is 13.5. The SMILES string of the molecule is CC(CCS(C)=O)N1CC(C2CC2)NCC1C. The summed E-state index contributed by atoms with van der Waals surface area (Å²) in [5.41, 5.74) is 0. The molecule has 1 saturated heterocycles. The van der Waals surface area contributed by atoms with Crippen LogP contribution in [0.25, 0.3) is 0 Å². The van der Waals surface area contributed by atoms with Crippen LogP contribution in [-0.2, 0) is 10.8 Å². The fourth-order valence-electron chi connectivity index (χ4n) is 2.84. The van der Waals surface area contributed by atoms with Crippen molar-refractivity contribution in [2.45, 2.75) is 51.2 Å². The van der Waals surface area contributed by atoms with Crippen LogP contribution in [0.1, 0.15) is 33.1 Å². The quantitative estimate of drug-likeness (QED) is 0.805. The van der Waals surface area contributed by atoms with Crippen molar-refractivity contribution in [2.75, 3.05) is 25.1 Å². The molecule has 2 aliphatic rings. The second-order valence-electron chi connectivity index (χ2n) is 5.81. The molecule has 0 aromatic rings. The lowest BCUT2D eigenvalue weighted by atomic mass is 10.0. The number of nitrogens with one attached hydrogen (secondary N) is 1. The zero-order chi connectivity index (χ0) is 12.4. The second-order valence-corrected chi connectivity index (χ2v) is 7.37. The van der Waals surface area contributed by atoms with Crippen molar-refractivity contribution in [1.82, 2.24) is 10.2 Å². The third kappa shape index (κ3) is 3.76. The minimum absolute atomic E-state index is 0.567. The lowest BCUT2D eigenvalue weighted by Gasteiger charge is -2.42. The molecule has 2 rings (SSSR count). The van der Waals surface area contributed by atoms with Gasteiger partial charge in [0.15, 0.2) is 0 Å². The largest absolute Gasteiger partial charge is 0.311 e. The molecule has 0 aromatic carbocycles. The Labute approximate surface area is 108 Å². The van der Waals surface area contributed by atoms with E-state index in [4.69, 9.17) is 0 Å². The molecule has 0 aromatic heterocycles. The average molecular weight is 258 g/mol. The molecule has 4 atom stereocenters. The fraction of sp³-hybridized carbons (Fsp3) is 1.00. The smallest absolute Gasteiger partial charge is 0.0246 e. The molecule has 0 amide bonds. The lowest BCUT2D eigenvalue weighted by Crippen LogP contribution is -2.58. The molecule has 17 heavy (non-hydrogen) atoms. The van der Waals surface area contributed by atoms with E-state index in [1.165, 1.54) is 19.4 Å². The van der Waals surface area contributed by atoms with Gasteiger partial charge in [-0.1, -0.05) is 0 Å². The van der Waals surface area contributed by atoms with Crippen molar-refractivity contribution in [3.8, 4) is 0 Å². The van der Waals surface area contributed by atoms with Crippen LogP contribution in [0.4, 0.5) is 0 Å². The first-order chi connectivity index (χ1) is 8.08. The van der Waals surface area contributed by atoms with E-state index in [1.54, 1.807) is 6.26 Å². The third-order valence-electron chi connectivity index (χ3n) is 4.23. The molecule has 4 unspecified atom stereocenters. The Balaban J connectivity index is 1.85. The number of hydrogen-bond acceptors (Lipinski definition) is 3. The van der Waals surface area contributed by atoms with Crippen molar-refractivity contribution >= 4 is 10.8 Å². The van der Waals surface area contributed by atoms with Gasteiger partial charge in [0, 0.05) is 54.0 Å². The molecule has 1 aliphatic heterocycles. The highest BCUT2D eigenvalue weighted by atomic mass is 32.2. The van der Waals surface area contributed by atoms with Gasteiger partial charge in [0.1, 0.15) is 0 Å². The standard InChI is InChI=1S/C13H26N2OS/c1-10(6-7-17(3)16)15-9-13(12-4-5-12)14-8-11(15)2/h10-14H,4-9H2,1-3H3. The summed E-state index contributed by atoms with van der Waals surface area (Å²) in [6.45, 7) is 6.89. The maximum atomic E-state index is 11.2. The summed E-state index contributed by atoms with van der Waals surface area (Å²) in [5.74, 6) is 1.77. The summed E-state index contributed by atoms with van der Waals surface area (Å²) >= 11 is 0. The molecule has 0 spiro atoms. The number of nitrogens with zero attached hydrogens (tertiary/aromatic N) is 1. The molecule has 4 heteroatoms. The van der Waals surface area contributed by atoms with Gasteiger partial charge in [-0.25, -0.2) is 0 Å². The van der Waals surface area contributed by atoms with Crippen LogP contribution in [0.5, 0.6) is 0 Å². The van der Waals surface area contributed by atoms with E-state index in [2.05, 4.69) is 24.1 Å². The predicted molar refractivity (Wildman–Crippen MR) is 73.7 cm³/mol. The minimum atomic E-state index is -0.649. The zero-order valence-electron chi connectivity index (χ0n) is 11.3. The summed E-state index contributed by atoms with van der Waals surface area (Å²) in [7, 11) is -0.649. The Morgan fingerprint density at radius 1 is 1.47 bits per heavy atom. The van der Waals surface area contributed by atoms with E-state index in [0.717, 1.165) is 24.6 Å². The van der Waals surface area contributed by atoms with Crippen LogP contribution in [0, 0.1) is 5.92 Å². The first-order valence-electron chi connectivity index (χ1n) is 6.87. The van der Waals surface area contributed by atoms with E-state index in [1.807, 2.05) is 0 Å². The summed E-state index contributed by atoms with van der Waals surface area (Å²) < 4.78 is 11.2. The van der Waals surface area contributed by atoms with E-state index < -0.39 is 10.8 Å². The van der Waals surface area contributed by atoms with E-state index >= 15 is 0 Å². The Hall–Kier alpha value is 0.0700. The number of piperazine rings is 1. The highest BCUT2D eigenvalue weighted by molar-refractivity contribution is 7.84. The molecule has 0 radical (unpaired) electrons. The predicted octanol–water partition coefficient (Wildman–Crippen LogP) is 1.22. The molecular formula is C13H26N2OS. The summed E-state index contributed by atoms with van der Waals surface area (Å²) in [6, 6.07) is 1.89. The molecular weight excluding hydrogens is 232 g/mol. The first-order valence-corrected chi connectivity index (χ1v) is 8.59. The van der Waals surface area contributed by atoms with Gasteiger partial charge in [-0.3, -0.25) is 9.11 Å². The van der Waals surface area contributed by atoms with Crippen LogP contribution in [0.2, 0.25) is 0 Å². The van der Waals surface area contributed by atoms with Gasteiger partial charge in [0.2, 0.25) is 0 Å². The molecule has 3 nitrogen and oxygen atoms in total. The maximum Gasteiger partial charge on any atom is 0.0246 e. The van der Waals surface area contributed by atoms with Crippen molar-refractivity contribution in [2.24, 2.45) is 5.92 Å². The van der Waals surface area contributed by atoms with Crippen LogP contribution in [0.3, 0.4) is 0 Å². The Morgan fingerprint density at radius 2 is 2.18 bits per heavy atom. The second kappa shape index (κ2) is 5.81. The molecule has 1 N–H and O–H groups in total. The van der Waals surface area contributed by atoms with Crippen LogP contribution >= 0.6 is 0 Å². The molecule has 1 aliphatic carbocycles. The Morgan fingerprint density at radius 3 is 2.76 bits per heavy atom. The zero-order valence-corrected chi connectivity index (χ0v) is 12.1. The molecule has 100 valence electrons. The van der Waals surface area contributed by atoms with Gasteiger partial charge in [-0.05, 0) is 39.0 Å². The van der Waals surface area contributed by atoms with Crippen molar-refractivity contribution in [3.05, 3.63) is 0 Å². The highest BCUT2D eigenvalue weighted by Gasteiger charge is 2.37. The highest BCUT2D eigenvalue weighted by Crippen LogP contribution is 2.34. The topological polar surface area (TPSA) is 32.3 Å². The number of hydrogen-bond donors (Lipinski definition) is 1. The van der Waals surface area contributed by atoms with E-state index in [0.29, 0.717) is 18.1 Å². The third-order valence-corrected chi connectivity index (χ3v) is 5.04. The van der Waals surface area contributed by atoms with Gasteiger partial charge in [-0.15, -0.1) is 0 Å². The lowest BCUT2D eigenvalue weighted by molar-refractivity contribution is 0.0910. The van der Waals surface area contributed by atoms with Gasteiger partial charge < -0.3 is 5.32 Å². The summed E-state index contributed by atoms with van der Waals surface area (Å²) in [5, 5.41) is 3.68. The Bertz CT molecular complexity index is 281. The van der Waals surface area contributed by atoms with Crippen LogP contribution < -0.4 is 5.32 Å². The van der Waals surface area contributed by atoms with Crippen LogP contribution in [0.15, 0.2) is 0 Å². The van der Waals surface area contributed by atoms with Gasteiger partial charge >= 0.3 is 0 Å². The maximum absolute atomic E-state index is 11.2. The van der Waals surface area contributed by atoms with Gasteiger partial charge in [0.25, 0.3) is 0 Å². The number of rotatable bonds is 5. The molecule has 0 bridgehead atoms. The normalized spacial score (nSPS) is 34.5. The minimum Gasteiger partial charge on any atom is -0.311 e. The van der Waals surface area contributed by atoms with Crippen molar-refractivity contribution in [1.29, 1.82) is 0 Å². The summed E-state index contributed by atoms with van der Waals surface area (Å²) in [4.78, 5) is 2.62. The molecule has 1 saturated carbocycles. The van der Waals surface area contributed by atoms with Crippen molar-refractivity contribution < 1.29 is 4.21 Å².